The van der Waals surface area contributed by atoms with Gasteiger partial charge in [0.2, 0.25) is 0 Å². The zero-order valence-corrected chi connectivity index (χ0v) is 15.9. The van der Waals surface area contributed by atoms with Gasteiger partial charge in [-0.15, -0.1) is 0 Å². The number of ether oxygens (including phenoxy) is 1. The van der Waals surface area contributed by atoms with Crippen molar-refractivity contribution in [3.63, 3.8) is 0 Å². The van der Waals surface area contributed by atoms with Crippen LogP contribution in [0, 0.1) is 22.7 Å². The van der Waals surface area contributed by atoms with E-state index in [2.05, 4.69) is 38.5 Å². The highest BCUT2D eigenvalue weighted by molar-refractivity contribution is 5.89. The lowest BCUT2D eigenvalue weighted by molar-refractivity contribution is -0.135. The van der Waals surface area contributed by atoms with E-state index in [0.717, 1.165) is 19.1 Å². The molecular formula is C21H32O3. The number of rotatable bonds is 5. The molecule has 0 aromatic heterocycles. The molecule has 2 rings (SSSR count). The van der Waals surface area contributed by atoms with E-state index in [1.807, 2.05) is 0 Å². The van der Waals surface area contributed by atoms with Gasteiger partial charge in [0.1, 0.15) is 6.29 Å². The first-order valence-corrected chi connectivity index (χ1v) is 9.19. The Kier molecular flexibility index (Phi) is 5.72. The summed E-state index contributed by atoms with van der Waals surface area (Å²) in [5.74, 6) is 0.831. The Morgan fingerprint density at radius 1 is 1.38 bits per heavy atom. The lowest BCUT2D eigenvalue weighted by atomic mass is 9.47. The van der Waals surface area contributed by atoms with E-state index in [0.29, 0.717) is 23.8 Å². The van der Waals surface area contributed by atoms with Crippen molar-refractivity contribution in [1.29, 1.82) is 0 Å². The quantitative estimate of drug-likeness (QED) is 0.312. The maximum Gasteiger partial charge on any atom is 0.330 e. The second kappa shape index (κ2) is 7.25. The van der Waals surface area contributed by atoms with Crippen LogP contribution in [0.2, 0.25) is 0 Å². The predicted octanol–water partition coefficient (Wildman–Crippen LogP) is 4.86. The Labute approximate surface area is 146 Å². The zero-order valence-electron chi connectivity index (χ0n) is 15.9. The molecule has 0 aliphatic heterocycles. The number of allylic oxidation sites excluding steroid dienone is 3. The van der Waals surface area contributed by atoms with E-state index in [1.54, 1.807) is 0 Å². The highest BCUT2D eigenvalue weighted by Gasteiger charge is 2.52. The molecular weight excluding hydrogens is 300 g/mol. The smallest absolute Gasteiger partial charge is 0.330 e. The zero-order chi connectivity index (χ0) is 18.0. The van der Waals surface area contributed by atoms with E-state index >= 15 is 0 Å². The van der Waals surface area contributed by atoms with Crippen LogP contribution in [-0.4, -0.2) is 19.4 Å². The van der Waals surface area contributed by atoms with Crippen LogP contribution in [0.25, 0.3) is 0 Å². The third kappa shape index (κ3) is 3.36. The monoisotopic (exact) mass is 332 g/mol. The van der Waals surface area contributed by atoms with Crippen molar-refractivity contribution in [3.8, 4) is 0 Å². The van der Waals surface area contributed by atoms with Gasteiger partial charge in [0.25, 0.3) is 0 Å². The van der Waals surface area contributed by atoms with Crippen LogP contribution in [0.15, 0.2) is 23.3 Å². The Hall–Kier alpha value is -1.38. The second-order valence-corrected chi connectivity index (χ2v) is 8.24. The molecule has 0 aromatic rings. The summed E-state index contributed by atoms with van der Waals surface area (Å²) < 4.78 is 4.65. The Balaban J connectivity index is 2.22. The summed E-state index contributed by atoms with van der Waals surface area (Å²) in [6.45, 7) is 9.48. The van der Waals surface area contributed by atoms with E-state index in [-0.39, 0.29) is 10.8 Å². The molecule has 1 saturated carbocycles. The van der Waals surface area contributed by atoms with Crippen molar-refractivity contribution in [1.82, 2.24) is 0 Å². The van der Waals surface area contributed by atoms with Gasteiger partial charge in [0, 0.05) is 6.08 Å². The van der Waals surface area contributed by atoms with Crippen LogP contribution in [0.5, 0.6) is 0 Å². The summed E-state index contributed by atoms with van der Waals surface area (Å²) in [5.41, 5.74) is 2.57. The fourth-order valence-corrected chi connectivity index (χ4v) is 5.12. The van der Waals surface area contributed by atoms with Gasteiger partial charge in [-0.3, -0.25) is 4.79 Å². The third-order valence-corrected chi connectivity index (χ3v) is 7.20. The average Bonchev–Trinajstić information content (AvgIpc) is 2.57. The molecule has 3 heteroatoms. The van der Waals surface area contributed by atoms with Crippen LogP contribution in [0.3, 0.4) is 0 Å². The molecule has 2 aliphatic rings. The summed E-state index contributed by atoms with van der Waals surface area (Å²) in [6, 6.07) is 0. The molecule has 0 saturated heterocycles. The SMILES string of the molecule is COC(=O)/C=C(\C=O)CC[C@@]1(C)[C@H](C)CC[C@@]2(C)C(C)=CCC[C@@H]12. The number of esters is 1. The van der Waals surface area contributed by atoms with E-state index < -0.39 is 5.97 Å². The average molecular weight is 332 g/mol. The topological polar surface area (TPSA) is 43.4 Å². The number of methoxy groups -OCH3 is 1. The minimum absolute atomic E-state index is 0.195. The molecule has 0 spiro atoms. The van der Waals surface area contributed by atoms with Crippen LogP contribution < -0.4 is 0 Å². The van der Waals surface area contributed by atoms with Gasteiger partial charge < -0.3 is 4.74 Å². The minimum Gasteiger partial charge on any atom is -0.466 e. The highest BCUT2D eigenvalue weighted by Crippen LogP contribution is 2.61. The van der Waals surface area contributed by atoms with E-state index in [1.165, 1.54) is 38.0 Å². The van der Waals surface area contributed by atoms with Crippen molar-refractivity contribution in [3.05, 3.63) is 23.3 Å². The normalized spacial score (nSPS) is 36.5. The standard InChI is InChI=1S/C21H32O3/c1-15-7-6-8-18-20(15,3)11-9-16(2)21(18,4)12-10-17(14-22)13-19(23)24-5/h7,13-14,16,18H,6,8-12H2,1-5H3/b17-13-/t16-,18-,20+,21+/m1/s1. The van der Waals surface area contributed by atoms with Gasteiger partial charge in [-0.05, 0) is 73.7 Å². The Morgan fingerprint density at radius 3 is 2.71 bits per heavy atom. The number of fused-ring (bicyclic) bond motifs is 1. The molecule has 0 unspecified atom stereocenters. The lowest BCUT2D eigenvalue weighted by Crippen LogP contribution is -2.49. The first kappa shape index (κ1) is 19.0. The Bertz CT molecular complexity index is 559. The first-order valence-electron chi connectivity index (χ1n) is 9.19. The maximum atomic E-state index is 11.4. The molecule has 0 aromatic carbocycles. The fourth-order valence-electron chi connectivity index (χ4n) is 5.12. The van der Waals surface area contributed by atoms with Gasteiger partial charge in [0.05, 0.1) is 7.11 Å². The molecule has 2 aliphatic carbocycles. The highest BCUT2D eigenvalue weighted by atomic mass is 16.5. The van der Waals surface area contributed by atoms with E-state index in [4.69, 9.17) is 0 Å². The fraction of sp³-hybridized carbons (Fsp3) is 0.714. The summed E-state index contributed by atoms with van der Waals surface area (Å²) >= 11 is 0. The molecule has 134 valence electrons. The number of carbonyl (C=O) groups is 2. The number of hydrogen-bond donors (Lipinski definition) is 0. The Morgan fingerprint density at radius 2 is 2.08 bits per heavy atom. The maximum absolute atomic E-state index is 11.4. The lowest BCUT2D eigenvalue weighted by Gasteiger charge is -2.58. The molecule has 0 N–H and O–H groups in total. The van der Waals surface area contributed by atoms with Gasteiger partial charge >= 0.3 is 5.97 Å². The molecule has 0 heterocycles. The number of aldehydes is 1. The molecule has 1 fully saturated rings. The summed E-state index contributed by atoms with van der Waals surface area (Å²) in [4.78, 5) is 22.8. The third-order valence-electron chi connectivity index (χ3n) is 7.20. The van der Waals surface area contributed by atoms with Crippen molar-refractivity contribution >= 4 is 12.3 Å². The number of hydrogen-bond acceptors (Lipinski definition) is 3. The van der Waals surface area contributed by atoms with E-state index in [9.17, 15) is 9.59 Å². The van der Waals surface area contributed by atoms with Gasteiger partial charge in [-0.1, -0.05) is 32.4 Å². The van der Waals surface area contributed by atoms with Crippen LogP contribution >= 0.6 is 0 Å². The van der Waals surface area contributed by atoms with Crippen LogP contribution in [0.1, 0.15) is 66.2 Å². The summed E-state index contributed by atoms with van der Waals surface area (Å²) in [6.07, 6.45) is 11.0. The molecule has 3 nitrogen and oxygen atoms in total. The first-order chi connectivity index (χ1) is 11.3. The molecule has 4 atom stereocenters. The predicted molar refractivity (Wildman–Crippen MR) is 96.5 cm³/mol. The van der Waals surface area contributed by atoms with Gasteiger partial charge in [-0.25, -0.2) is 4.79 Å². The largest absolute Gasteiger partial charge is 0.466 e. The van der Waals surface area contributed by atoms with Crippen LogP contribution in [-0.2, 0) is 14.3 Å². The second-order valence-electron chi connectivity index (χ2n) is 8.24. The van der Waals surface area contributed by atoms with Crippen LogP contribution in [0.4, 0.5) is 0 Å². The van der Waals surface area contributed by atoms with Gasteiger partial charge in [0.15, 0.2) is 0 Å². The summed E-state index contributed by atoms with van der Waals surface area (Å²) in [7, 11) is 1.34. The summed E-state index contributed by atoms with van der Waals surface area (Å²) in [5, 5.41) is 0. The van der Waals surface area contributed by atoms with Crippen molar-refractivity contribution in [2.24, 2.45) is 22.7 Å². The molecule has 0 bridgehead atoms. The molecule has 0 amide bonds. The van der Waals surface area contributed by atoms with Gasteiger partial charge in [-0.2, -0.15) is 0 Å². The molecule has 0 radical (unpaired) electrons. The van der Waals surface area contributed by atoms with Crippen molar-refractivity contribution in [2.45, 2.75) is 66.2 Å². The number of carbonyl (C=O) groups excluding carboxylic acids is 2. The van der Waals surface area contributed by atoms with Crippen molar-refractivity contribution in [2.75, 3.05) is 7.11 Å². The molecule has 24 heavy (non-hydrogen) atoms. The van der Waals surface area contributed by atoms with Crippen molar-refractivity contribution < 1.29 is 14.3 Å². The minimum atomic E-state index is -0.444.